The highest BCUT2D eigenvalue weighted by Crippen LogP contribution is 2.27. The summed E-state index contributed by atoms with van der Waals surface area (Å²) in [7, 11) is 0. The van der Waals surface area contributed by atoms with Crippen LogP contribution in [-0.2, 0) is 22.6 Å². The predicted octanol–water partition coefficient (Wildman–Crippen LogP) is 0.852. The minimum absolute atomic E-state index is 0.157. The molecule has 1 atom stereocenters. The molecule has 0 spiro atoms. The Kier molecular flexibility index (Phi) is 2.88. The van der Waals surface area contributed by atoms with Gasteiger partial charge in [0.2, 0.25) is 11.8 Å². The number of piperidine rings is 1. The fraction of sp³-hybridized carbons (Fsp3) is 0.429. The van der Waals surface area contributed by atoms with Crippen molar-refractivity contribution in [2.24, 2.45) is 0 Å². The standard InChI is InChI=1S/C14H16N2O2/c17-13-4-3-12(14(18)16-13)10-2-1-9-5-6-15-8-11(9)7-10/h1-2,7,12,15H,3-6,8H2,(H,16,17,18). The Hall–Kier alpha value is -1.68. The summed E-state index contributed by atoms with van der Waals surface area (Å²) in [5, 5.41) is 5.75. The molecule has 18 heavy (non-hydrogen) atoms. The van der Waals surface area contributed by atoms with E-state index < -0.39 is 0 Å². The number of benzene rings is 1. The molecule has 1 unspecified atom stereocenters. The Morgan fingerprint density at radius 1 is 1.11 bits per heavy atom. The highest BCUT2D eigenvalue weighted by molar-refractivity contribution is 6.00. The van der Waals surface area contributed by atoms with Crippen LogP contribution >= 0.6 is 0 Å². The molecule has 3 rings (SSSR count). The van der Waals surface area contributed by atoms with E-state index in [0.29, 0.717) is 12.8 Å². The first kappa shape index (κ1) is 11.4. The number of carbonyl (C=O) groups is 2. The molecule has 1 fully saturated rings. The summed E-state index contributed by atoms with van der Waals surface area (Å²) in [6, 6.07) is 6.26. The summed E-state index contributed by atoms with van der Waals surface area (Å²) in [6.07, 6.45) is 2.10. The largest absolute Gasteiger partial charge is 0.312 e. The second-order valence-electron chi connectivity index (χ2n) is 4.96. The minimum atomic E-state index is -0.171. The van der Waals surface area contributed by atoms with Gasteiger partial charge >= 0.3 is 0 Å². The molecule has 2 heterocycles. The van der Waals surface area contributed by atoms with E-state index in [1.807, 2.05) is 6.07 Å². The van der Waals surface area contributed by atoms with Crippen LogP contribution in [0.25, 0.3) is 0 Å². The van der Waals surface area contributed by atoms with Gasteiger partial charge in [0.1, 0.15) is 0 Å². The molecule has 4 nitrogen and oxygen atoms in total. The van der Waals surface area contributed by atoms with Crippen LogP contribution in [0.1, 0.15) is 35.4 Å². The van der Waals surface area contributed by atoms with Crippen molar-refractivity contribution >= 4 is 11.8 Å². The number of fused-ring (bicyclic) bond motifs is 1. The Bertz CT molecular complexity index is 511. The molecule has 4 heteroatoms. The summed E-state index contributed by atoms with van der Waals surface area (Å²) in [5.74, 6) is -0.485. The molecule has 0 radical (unpaired) electrons. The van der Waals surface area contributed by atoms with Crippen LogP contribution in [-0.4, -0.2) is 18.4 Å². The van der Waals surface area contributed by atoms with Gasteiger partial charge in [-0.05, 0) is 36.1 Å². The van der Waals surface area contributed by atoms with Gasteiger partial charge in [-0.3, -0.25) is 14.9 Å². The van der Waals surface area contributed by atoms with E-state index in [0.717, 1.165) is 25.1 Å². The second-order valence-corrected chi connectivity index (χ2v) is 4.96. The van der Waals surface area contributed by atoms with Crippen molar-refractivity contribution in [2.75, 3.05) is 6.54 Å². The number of carbonyl (C=O) groups excluding carboxylic acids is 2. The first-order valence-corrected chi connectivity index (χ1v) is 6.40. The monoisotopic (exact) mass is 244 g/mol. The van der Waals surface area contributed by atoms with Crippen LogP contribution in [0.4, 0.5) is 0 Å². The number of nitrogens with one attached hydrogen (secondary N) is 2. The predicted molar refractivity (Wildman–Crippen MR) is 67.0 cm³/mol. The fourth-order valence-electron chi connectivity index (χ4n) is 2.73. The molecule has 0 saturated carbocycles. The van der Waals surface area contributed by atoms with Crippen molar-refractivity contribution in [3.8, 4) is 0 Å². The third-order valence-electron chi connectivity index (χ3n) is 3.76. The van der Waals surface area contributed by atoms with Crippen molar-refractivity contribution in [1.29, 1.82) is 0 Å². The van der Waals surface area contributed by atoms with Gasteiger partial charge in [-0.15, -0.1) is 0 Å². The molecular weight excluding hydrogens is 228 g/mol. The van der Waals surface area contributed by atoms with Crippen LogP contribution in [0.3, 0.4) is 0 Å². The number of rotatable bonds is 1. The van der Waals surface area contributed by atoms with E-state index in [1.165, 1.54) is 11.1 Å². The zero-order valence-electron chi connectivity index (χ0n) is 10.2. The van der Waals surface area contributed by atoms with Gasteiger partial charge in [-0.2, -0.15) is 0 Å². The van der Waals surface area contributed by atoms with Crippen LogP contribution in [0.2, 0.25) is 0 Å². The van der Waals surface area contributed by atoms with Crippen LogP contribution in [0, 0.1) is 0 Å². The van der Waals surface area contributed by atoms with E-state index in [2.05, 4.69) is 22.8 Å². The molecule has 2 amide bonds. The summed E-state index contributed by atoms with van der Waals surface area (Å²) in [6.45, 7) is 1.89. The Balaban J connectivity index is 1.88. The van der Waals surface area contributed by atoms with E-state index >= 15 is 0 Å². The normalized spacial score (nSPS) is 23.4. The lowest BCUT2D eigenvalue weighted by Crippen LogP contribution is -2.39. The van der Waals surface area contributed by atoms with E-state index in [9.17, 15) is 9.59 Å². The number of hydrogen-bond acceptors (Lipinski definition) is 3. The summed E-state index contributed by atoms with van der Waals surface area (Å²) in [4.78, 5) is 23.0. The third kappa shape index (κ3) is 2.04. The molecular formula is C14H16N2O2. The van der Waals surface area contributed by atoms with Crippen molar-refractivity contribution in [3.63, 3.8) is 0 Å². The van der Waals surface area contributed by atoms with Gasteiger partial charge < -0.3 is 5.32 Å². The SMILES string of the molecule is O=C1CCC(c2ccc3c(c2)CNCC3)C(=O)N1. The van der Waals surface area contributed by atoms with Gasteiger partial charge in [-0.1, -0.05) is 18.2 Å². The molecule has 2 aliphatic heterocycles. The molecule has 0 bridgehead atoms. The number of amides is 2. The van der Waals surface area contributed by atoms with E-state index in [1.54, 1.807) is 0 Å². The maximum absolute atomic E-state index is 11.8. The maximum atomic E-state index is 11.8. The first-order chi connectivity index (χ1) is 8.74. The third-order valence-corrected chi connectivity index (χ3v) is 3.76. The molecule has 1 aromatic carbocycles. The summed E-state index contributed by atoms with van der Waals surface area (Å²) >= 11 is 0. The van der Waals surface area contributed by atoms with Crippen molar-refractivity contribution < 1.29 is 9.59 Å². The van der Waals surface area contributed by atoms with Crippen LogP contribution < -0.4 is 10.6 Å². The average molecular weight is 244 g/mol. The number of hydrogen-bond donors (Lipinski definition) is 2. The zero-order chi connectivity index (χ0) is 12.5. The lowest BCUT2D eigenvalue weighted by atomic mass is 9.87. The van der Waals surface area contributed by atoms with Crippen molar-refractivity contribution in [2.45, 2.75) is 31.7 Å². The van der Waals surface area contributed by atoms with E-state index in [4.69, 9.17) is 0 Å². The lowest BCUT2D eigenvalue weighted by Gasteiger charge is -2.23. The highest BCUT2D eigenvalue weighted by atomic mass is 16.2. The van der Waals surface area contributed by atoms with E-state index in [-0.39, 0.29) is 17.7 Å². The average Bonchev–Trinajstić information content (AvgIpc) is 2.38. The summed E-state index contributed by atoms with van der Waals surface area (Å²) in [5.41, 5.74) is 3.68. The van der Waals surface area contributed by atoms with Crippen LogP contribution in [0.15, 0.2) is 18.2 Å². The lowest BCUT2D eigenvalue weighted by molar-refractivity contribution is -0.134. The zero-order valence-corrected chi connectivity index (χ0v) is 10.2. The maximum Gasteiger partial charge on any atom is 0.234 e. The molecule has 0 aliphatic carbocycles. The van der Waals surface area contributed by atoms with Crippen molar-refractivity contribution in [3.05, 3.63) is 34.9 Å². The molecule has 2 N–H and O–H groups in total. The van der Waals surface area contributed by atoms with Gasteiger partial charge in [0.05, 0.1) is 5.92 Å². The molecule has 1 saturated heterocycles. The van der Waals surface area contributed by atoms with Crippen molar-refractivity contribution in [1.82, 2.24) is 10.6 Å². The topological polar surface area (TPSA) is 58.2 Å². The van der Waals surface area contributed by atoms with Gasteiger partial charge in [-0.25, -0.2) is 0 Å². The van der Waals surface area contributed by atoms with Crippen LogP contribution in [0.5, 0.6) is 0 Å². The minimum Gasteiger partial charge on any atom is -0.312 e. The molecule has 94 valence electrons. The Morgan fingerprint density at radius 3 is 2.83 bits per heavy atom. The first-order valence-electron chi connectivity index (χ1n) is 6.40. The summed E-state index contributed by atoms with van der Waals surface area (Å²) < 4.78 is 0. The highest BCUT2D eigenvalue weighted by Gasteiger charge is 2.28. The second kappa shape index (κ2) is 4.53. The smallest absolute Gasteiger partial charge is 0.234 e. The Morgan fingerprint density at radius 2 is 2.00 bits per heavy atom. The molecule has 2 aliphatic rings. The molecule has 1 aromatic rings. The quantitative estimate of drug-likeness (QED) is 0.720. The van der Waals surface area contributed by atoms with Gasteiger partial charge in [0.15, 0.2) is 0 Å². The number of imide groups is 1. The fourth-order valence-corrected chi connectivity index (χ4v) is 2.73. The van der Waals surface area contributed by atoms with Gasteiger partial charge in [0, 0.05) is 13.0 Å². The molecule has 0 aromatic heterocycles. The van der Waals surface area contributed by atoms with Gasteiger partial charge in [0.25, 0.3) is 0 Å². The Labute approximate surface area is 106 Å².